The minimum Gasteiger partial charge on any atom is -0.330 e. The number of aryl methyl sites for hydroxylation is 1. The molecule has 0 spiro atoms. The second-order valence-corrected chi connectivity index (χ2v) is 5.39. The summed E-state index contributed by atoms with van der Waals surface area (Å²) in [4.78, 5) is 16.3. The lowest BCUT2D eigenvalue weighted by molar-refractivity contribution is -0.118. The van der Waals surface area contributed by atoms with E-state index in [4.69, 9.17) is 5.73 Å². The lowest BCUT2D eigenvalue weighted by Gasteiger charge is -2.14. The van der Waals surface area contributed by atoms with Gasteiger partial charge in [0.05, 0.1) is 6.42 Å². The molecule has 1 aromatic heterocycles. The first-order valence-corrected chi connectivity index (χ1v) is 7.79. The van der Waals surface area contributed by atoms with E-state index in [1.54, 1.807) is 0 Å². The summed E-state index contributed by atoms with van der Waals surface area (Å²) in [5.74, 6) is 1.64. The van der Waals surface area contributed by atoms with Crippen molar-refractivity contribution in [1.29, 1.82) is 0 Å². The molecule has 0 aliphatic rings. The van der Waals surface area contributed by atoms with E-state index in [1.807, 2.05) is 4.68 Å². The summed E-state index contributed by atoms with van der Waals surface area (Å²) in [6.07, 6.45) is 7.86. The molecule has 1 aromatic rings. The molecule has 1 rings (SSSR count). The first-order valence-electron chi connectivity index (χ1n) is 7.79. The number of carbonyl (C=O) groups excluding carboxylic acids is 1. The van der Waals surface area contributed by atoms with Crippen LogP contribution >= 0.6 is 0 Å². The number of Topliss-reactive ketones (excluding diaryl/α,β-unsaturated/α-hetero) is 1. The van der Waals surface area contributed by atoms with Gasteiger partial charge >= 0.3 is 0 Å². The van der Waals surface area contributed by atoms with E-state index in [-0.39, 0.29) is 5.78 Å². The van der Waals surface area contributed by atoms with Gasteiger partial charge in [-0.05, 0) is 31.7 Å². The molecule has 1 unspecified atom stereocenters. The van der Waals surface area contributed by atoms with Crippen molar-refractivity contribution in [2.75, 3.05) is 6.54 Å². The first-order chi connectivity index (χ1) is 9.71. The fourth-order valence-corrected chi connectivity index (χ4v) is 2.53. The van der Waals surface area contributed by atoms with E-state index in [0.29, 0.717) is 25.3 Å². The van der Waals surface area contributed by atoms with Gasteiger partial charge in [0, 0.05) is 13.0 Å². The molecular formula is C15H28N4O. The molecule has 20 heavy (non-hydrogen) atoms. The third kappa shape index (κ3) is 5.82. The normalized spacial score (nSPS) is 12.6. The van der Waals surface area contributed by atoms with Gasteiger partial charge in [-0.2, -0.15) is 5.10 Å². The Morgan fingerprint density at radius 3 is 2.75 bits per heavy atom. The summed E-state index contributed by atoms with van der Waals surface area (Å²) < 4.78 is 1.83. The van der Waals surface area contributed by atoms with Gasteiger partial charge in [-0.3, -0.25) is 4.79 Å². The molecule has 5 nitrogen and oxygen atoms in total. The molecule has 0 fully saturated rings. The minimum atomic E-state index is 0.258. The van der Waals surface area contributed by atoms with Crippen LogP contribution in [-0.4, -0.2) is 27.1 Å². The number of hydrogen-bond acceptors (Lipinski definition) is 4. The van der Waals surface area contributed by atoms with Crippen molar-refractivity contribution in [3.63, 3.8) is 0 Å². The van der Waals surface area contributed by atoms with Crippen molar-refractivity contribution in [2.45, 2.75) is 65.3 Å². The maximum absolute atomic E-state index is 12.1. The number of carbonyl (C=O) groups is 1. The van der Waals surface area contributed by atoms with Gasteiger partial charge in [0.2, 0.25) is 0 Å². The van der Waals surface area contributed by atoms with Gasteiger partial charge < -0.3 is 5.73 Å². The summed E-state index contributed by atoms with van der Waals surface area (Å²) >= 11 is 0. The van der Waals surface area contributed by atoms with E-state index in [2.05, 4.69) is 23.9 Å². The Labute approximate surface area is 122 Å². The Morgan fingerprint density at radius 2 is 2.10 bits per heavy atom. The van der Waals surface area contributed by atoms with Crippen molar-refractivity contribution in [3.8, 4) is 0 Å². The van der Waals surface area contributed by atoms with Gasteiger partial charge in [0.1, 0.15) is 17.9 Å². The fourth-order valence-electron chi connectivity index (χ4n) is 2.53. The average molecular weight is 280 g/mol. The highest BCUT2D eigenvalue weighted by Gasteiger charge is 2.13. The molecule has 1 heterocycles. The van der Waals surface area contributed by atoms with Crippen LogP contribution in [0, 0.1) is 5.92 Å². The summed E-state index contributed by atoms with van der Waals surface area (Å²) in [7, 11) is 0. The molecular weight excluding hydrogens is 252 g/mol. The van der Waals surface area contributed by atoms with Crippen LogP contribution in [0.1, 0.15) is 58.2 Å². The fraction of sp³-hybridized carbons (Fsp3) is 0.800. The predicted octanol–water partition coefficient (Wildman–Crippen LogP) is 2.34. The number of hydrogen-bond donors (Lipinski definition) is 1. The Kier molecular flexibility index (Phi) is 8.11. The lowest BCUT2D eigenvalue weighted by Crippen LogP contribution is -2.14. The summed E-state index contributed by atoms with van der Waals surface area (Å²) in [5, 5.41) is 4.15. The standard InChI is InChI=1S/C15H28N4O/c1-3-5-13(8-9-16)6-7-14(20)11-15-17-12-18-19(15)10-4-2/h12-13H,3-11,16H2,1-2H3. The van der Waals surface area contributed by atoms with Gasteiger partial charge in [-0.1, -0.05) is 26.7 Å². The third-order valence-electron chi connectivity index (χ3n) is 3.59. The zero-order valence-corrected chi connectivity index (χ0v) is 12.8. The third-order valence-corrected chi connectivity index (χ3v) is 3.59. The van der Waals surface area contributed by atoms with Gasteiger partial charge in [0.25, 0.3) is 0 Å². The van der Waals surface area contributed by atoms with E-state index in [0.717, 1.165) is 44.5 Å². The molecule has 0 aliphatic carbocycles. The van der Waals surface area contributed by atoms with Crippen LogP contribution in [0.5, 0.6) is 0 Å². The Balaban J connectivity index is 2.40. The maximum atomic E-state index is 12.1. The largest absolute Gasteiger partial charge is 0.330 e. The Hall–Kier alpha value is -1.23. The molecule has 0 saturated heterocycles. The number of aromatic nitrogens is 3. The highest BCUT2D eigenvalue weighted by Crippen LogP contribution is 2.17. The SMILES string of the molecule is CCCC(CCN)CCC(=O)Cc1ncnn1CCC. The molecule has 0 aliphatic heterocycles. The van der Waals surface area contributed by atoms with E-state index in [1.165, 1.54) is 6.33 Å². The topological polar surface area (TPSA) is 73.8 Å². The summed E-state index contributed by atoms with van der Waals surface area (Å²) in [5.41, 5.74) is 5.62. The molecule has 5 heteroatoms. The van der Waals surface area contributed by atoms with Gasteiger partial charge in [-0.15, -0.1) is 0 Å². The quantitative estimate of drug-likeness (QED) is 0.675. The highest BCUT2D eigenvalue weighted by molar-refractivity contribution is 5.80. The monoisotopic (exact) mass is 280 g/mol. The van der Waals surface area contributed by atoms with Crippen LogP contribution in [0.3, 0.4) is 0 Å². The van der Waals surface area contributed by atoms with Gasteiger partial charge in [-0.25, -0.2) is 9.67 Å². The summed E-state index contributed by atoms with van der Waals surface area (Å²) in [6.45, 7) is 5.81. The lowest BCUT2D eigenvalue weighted by atomic mass is 9.93. The average Bonchev–Trinajstić information content (AvgIpc) is 2.84. The molecule has 0 bridgehead atoms. The molecule has 0 amide bonds. The van der Waals surface area contributed by atoms with Crippen LogP contribution in [-0.2, 0) is 17.8 Å². The zero-order chi connectivity index (χ0) is 14.8. The second kappa shape index (κ2) is 9.64. The molecule has 0 radical (unpaired) electrons. The van der Waals surface area contributed by atoms with E-state index in [9.17, 15) is 4.79 Å². The first kappa shape index (κ1) is 16.8. The molecule has 1 atom stereocenters. The van der Waals surface area contributed by atoms with Crippen LogP contribution in [0.25, 0.3) is 0 Å². The smallest absolute Gasteiger partial charge is 0.140 e. The molecule has 0 saturated carbocycles. The van der Waals surface area contributed by atoms with Crippen LogP contribution < -0.4 is 5.73 Å². The highest BCUT2D eigenvalue weighted by atomic mass is 16.1. The maximum Gasteiger partial charge on any atom is 0.140 e. The van der Waals surface area contributed by atoms with E-state index >= 15 is 0 Å². The van der Waals surface area contributed by atoms with Crippen LogP contribution in [0.15, 0.2) is 6.33 Å². The van der Waals surface area contributed by atoms with Crippen molar-refractivity contribution in [1.82, 2.24) is 14.8 Å². The Bertz CT molecular complexity index is 383. The number of nitrogens with zero attached hydrogens (tertiary/aromatic N) is 3. The minimum absolute atomic E-state index is 0.258. The van der Waals surface area contributed by atoms with E-state index < -0.39 is 0 Å². The molecule has 0 aromatic carbocycles. The second-order valence-electron chi connectivity index (χ2n) is 5.39. The summed E-state index contributed by atoms with van der Waals surface area (Å²) in [6, 6.07) is 0. The van der Waals surface area contributed by atoms with Crippen molar-refractivity contribution >= 4 is 5.78 Å². The van der Waals surface area contributed by atoms with Crippen molar-refractivity contribution in [2.24, 2.45) is 11.7 Å². The van der Waals surface area contributed by atoms with Crippen LogP contribution in [0.2, 0.25) is 0 Å². The van der Waals surface area contributed by atoms with Crippen molar-refractivity contribution < 1.29 is 4.79 Å². The number of nitrogens with two attached hydrogens (primary N) is 1. The van der Waals surface area contributed by atoms with Crippen molar-refractivity contribution in [3.05, 3.63) is 12.2 Å². The number of rotatable bonds is 11. The predicted molar refractivity (Wildman–Crippen MR) is 80.3 cm³/mol. The molecule has 114 valence electrons. The zero-order valence-electron chi connectivity index (χ0n) is 12.8. The molecule has 2 N–H and O–H groups in total. The van der Waals surface area contributed by atoms with Gasteiger partial charge in [0.15, 0.2) is 0 Å². The number of ketones is 1. The Morgan fingerprint density at radius 1 is 1.30 bits per heavy atom. The van der Waals surface area contributed by atoms with Crippen LogP contribution in [0.4, 0.5) is 0 Å².